The number of unbranched alkanes of at least 4 members (excludes halogenated alkanes) is 1. The molecule has 0 rings (SSSR count). The molecule has 0 aliphatic heterocycles. The third-order valence-corrected chi connectivity index (χ3v) is 3.38. The van der Waals surface area contributed by atoms with Gasteiger partial charge in [0.1, 0.15) is 0 Å². The van der Waals surface area contributed by atoms with Crippen LogP contribution in [0.3, 0.4) is 0 Å². The second kappa shape index (κ2) is 8.28. The van der Waals surface area contributed by atoms with Gasteiger partial charge in [-0.2, -0.15) is 0 Å². The molecule has 2 N–H and O–H groups in total. The maximum absolute atomic E-state index is 12.0. The quantitative estimate of drug-likeness (QED) is 0.673. The first kappa shape index (κ1) is 18.9. The molecule has 0 aromatic carbocycles. The maximum Gasteiger partial charge on any atom is 0.225 e. The largest absolute Gasteiger partial charge is 0.356 e. The van der Waals surface area contributed by atoms with E-state index in [1.54, 1.807) is 0 Å². The average Bonchev–Trinajstić information content (AvgIpc) is 2.33. The zero-order chi connectivity index (χ0) is 15.8. The van der Waals surface area contributed by atoms with Crippen LogP contribution in [0.25, 0.3) is 0 Å². The van der Waals surface area contributed by atoms with E-state index >= 15 is 0 Å². The molecule has 0 heterocycles. The van der Waals surface area contributed by atoms with Gasteiger partial charge in [0.05, 0.1) is 0 Å². The molecule has 0 saturated heterocycles. The van der Waals surface area contributed by atoms with Crippen molar-refractivity contribution in [2.75, 3.05) is 13.1 Å². The summed E-state index contributed by atoms with van der Waals surface area (Å²) in [6, 6.07) is 0. The summed E-state index contributed by atoms with van der Waals surface area (Å²) in [6.07, 6.45) is 3.69. The number of nitrogens with one attached hydrogen (secondary N) is 2. The van der Waals surface area contributed by atoms with Crippen LogP contribution < -0.4 is 10.6 Å². The minimum absolute atomic E-state index is 0.0581. The lowest BCUT2D eigenvalue weighted by Crippen LogP contribution is -2.39. The van der Waals surface area contributed by atoms with E-state index in [1.807, 2.05) is 34.6 Å². The zero-order valence-corrected chi connectivity index (χ0v) is 14.1. The molecule has 0 aromatic rings. The van der Waals surface area contributed by atoms with Gasteiger partial charge in [0.2, 0.25) is 11.8 Å². The zero-order valence-electron chi connectivity index (χ0n) is 14.1. The molecular formula is C16H32N2O2. The van der Waals surface area contributed by atoms with Crippen LogP contribution in [0.4, 0.5) is 0 Å². The van der Waals surface area contributed by atoms with Gasteiger partial charge in [0.25, 0.3) is 0 Å². The summed E-state index contributed by atoms with van der Waals surface area (Å²) in [6.45, 7) is 13.1. The van der Waals surface area contributed by atoms with E-state index in [2.05, 4.69) is 17.6 Å². The monoisotopic (exact) mass is 284 g/mol. The number of hydrogen-bond donors (Lipinski definition) is 2. The SMILES string of the molecule is CCCCNC(=O)C(C)(C)CCCNC(=O)C(C)(C)C. The third-order valence-electron chi connectivity index (χ3n) is 3.38. The smallest absolute Gasteiger partial charge is 0.225 e. The van der Waals surface area contributed by atoms with Crippen LogP contribution in [0.15, 0.2) is 0 Å². The lowest BCUT2D eigenvalue weighted by Gasteiger charge is -2.24. The van der Waals surface area contributed by atoms with Gasteiger partial charge in [-0.3, -0.25) is 9.59 Å². The van der Waals surface area contributed by atoms with Crippen LogP contribution in [-0.4, -0.2) is 24.9 Å². The van der Waals surface area contributed by atoms with Gasteiger partial charge in [0, 0.05) is 23.9 Å². The second-order valence-electron chi connectivity index (χ2n) is 7.10. The number of carbonyl (C=O) groups excluding carboxylic acids is 2. The Kier molecular flexibility index (Phi) is 7.84. The first-order valence-corrected chi connectivity index (χ1v) is 7.68. The second-order valence-corrected chi connectivity index (χ2v) is 7.10. The molecule has 0 bridgehead atoms. The molecule has 118 valence electrons. The molecule has 4 heteroatoms. The van der Waals surface area contributed by atoms with Gasteiger partial charge in [0.15, 0.2) is 0 Å². The van der Waals surface area contributed by atoms with E-state index in [4.69, 9.17) is 0 Å². The van der Waals surface area contributed by atoms with Crippen LogP contribution in [-0.2, 0) is 9.59 Å². The van der Waals surface area contributed by atoms with Crippen molar-refractivity contribution in [2.45, 2.75) is 67.2 Å². The Hall–Kier alpha value is -1.06. The summed E-state index contributed by atoms with van der Waals surface area (Å²) in [5, 5.41) is 5.89. The first-order chi connectivity index (χ1) is 9.11. The molecule has 0 aliphatic rings. The van der Waals surface area contributed by atoms with Crippen LogP contribution in [0.5, 0.6) is 0 Å². The Bertz CT molecular complexity index is 317. The minimum atomic E-state index is -0.375. The summed E-state index contributed by atoms with van der Waals surface area (Å²) in [5.74, 6) is 0.163. The van der Waals surface area contributed by atoms with Crippen molar-refractivity contribution < 1.29 is 9.59 Å². The Balaban J connectivity index is 3.98. The number of hydrogen-bond acceptors (Lipinski definition) is 2. The highest BCUT2D eigenvalue weighted by Gasteiger charge is 2.27. The van der Waals surface area contributed by atoms with Crippen molar-refractivity contribution >= 4 is 11.8 Å². The highest BCUT2D eigenvalue weighted by molar-refractivity contribution is 5.82. The summed E-state index contributed by atoms with van der Waals surface area (Å²) >= 11 is 0. The standard InChI is InChI=1S/C16H32N2O2/c1-7-8-11-18-14(20)16(5,6)10-9-12-17-13(19)15(2,3)4/h7-12H2,1-6H3,(H,17,19)(H,18,20). The van der Waals surface area contributed by atoms with Crippen molar-refractivity contribution in [3.8, 4) is 0 Å². The molecule has 0 aliphatic carbocycles. The van der Waals surface area contributed by atoms with Crippen molar-refractivity contribution in [2.24, 2.45) is 10.8 Å². The number of rotatable bonds is 8. The highest BCUT2D eigenvalue weighted by atomic mass is 16.2. The summed E-state index contributed by atoms with van der Waals surface area (Å²) in [4.78, 5) is 23.7. The van der Waals surface area contributed by atoms with E-state index < -0.39 is 0 Å². The molecule has 0 saturated carbocycles. The van der Waals surface area contributed by atoms with Gasteiger partial charge in [-0.25, -0.2) is 0 Å². The summed E-state index contributed by atoms with van der Waals surface area (Å²) < 4.78 is 0. The minimum Gasteiger partial charge on any atom is -0.356 e. The lowest BCUT2D eigenvalue weighted by atomic mass is 9.86. The fourth-order valence-electron chi connectivity index (χ4n) is 1.73. The molecule has 0 aromatic heterocycles. The van der Waals surface area contributed by atoms with Crippen LogP contribution in [0.2, 0.25) is 0 Å². The number of amides is 2. The summed E-state index contributed by atoms with van der Waals surface area (Å²) in [5.41, 5.74) is -0.729. The predicted molar refractivity (Wildman–Crippen MR) is 83.4 cm³/mol. The molecule has 0 radical (unpaired) electrons. The Morgan fingerprint density at radius 3 is 1.85 bits per heavy atom. The fraction of sp³-hybridized carbons (Fsp3) is 0.875. The molecule has 2 amide bonds. The molecule has 4 nitrogen and oxygen atoms in total. The fourth-order valence-corrected chi connectivity index (χ4v) is 1.73. The molecule has 0 atom stereocenters. The van der Waals surface area contributed by atoms with Gasteiger partial charge < -0.3 is 10.6 Å². The van der Waals surface area contributed by atoms with Crippen molar-refractivity contribution in [1.29, 1.82) is 0 Å². The lowest BCUT2D eigenvalue weighted by molar-refractivity contribution is -0.129. The van der Waals surface area contributed by atoms with E-state index in [-0.39, 0.29) is 22.6 Å². The molecule has 0 fully saturated rings. The topological polar surface area (TPSA) is 58.2 Å². The maximum atomic E-state index is 12.0. The van der Waals surface area contributed by atoms with Crippen LogP contribution in [0.1, 0.15) is 67.2 Å². The van der Waals surface area contributed by atoms with E-state index in [9.17, 15) is 9.59 Å². The van der Waals surface area contributed by atoms with E-state index in [0.29, 0.717) is 6.54 Å². The molecule has 20 heavy (non-hydrogen) atoms. The molecule has 0 unspecified atom stereocenters. The van der Waals surface area contributed by atoms with Crippen molar-refractivity contribution in [3.63, 3.8) is 0 Å². The molecular weight excluding hydrogens is 252 g/mol. The Morgan fingerprint density at radius 1 is 0.850 bits per heavy atom. The first-order valence-electron chi connectivity index (χ1n) is 7.68. The summed E-state index contributed by atoms with van der Waals surface area (Å²) in [7, 11) is 0. The average molecular weight is 284 g/mol. The van der Waals surface area contributed by atoms with Crippen LogP contribution in [0, 0.1) is 10.8 Å². The van der Waals surface area contributed by atoms with Crippen molar-refractivity contribution in [1.82, 2.24) is 10.6 Å². The van der Waals surface area contributed by atoms with Crippen molar-refractivity contribution in [3.05, 3.63) is 0 Å². The van der Waals surface area contributed by atoms with E-state index in [0.717, 1.165) is 32.2 Å². The Labute approximate surface area is 124 Å². The molecule has 0 spiro atoms. The highest BCUT2D eigenvalue weighted by Crippen LogP contribution is 2.22. The number of carbonyl (C=O) groups is 2. The third kappa shape index (κ3) is 7.51. The normalized spacial score (nSPS) is 12.1. The van der Waals surface area contributed by atoms with Crippen LogP contribution >= 0.6 is 0 Å². The van der Waals surface area contributed by atoms with Gasteiger partial charge in [-0.1, -0.05) is 48.0 Å². The van der Waals surface area contributed by atoms with Gasteiger partial charge in [-0.15, -0.1) is 0 Å². The van der Waals surface area contributed by atoms with Gasteiger partial charge >= 0.3 is 0 Å². The predicted octanol–water partition coefficient (Wildman–Crippen LogP) is 2.87. The Morgan fingerprint density at radius 2 is 1.35 bits per heavy atom. The van der Waals surface area contributed by atoms with E-state index in [1.165, 1.54) is 0 Å². The van der Waals surface area contributed by atoms with Gasteiger partial charge in [-0.05, 0) is 19.3 Å².